The number of ether oxygens (including phenoxy) is 2. The van der Waals surface area contributed by atoms with E-state index in [2.05, 4.69) is 15.5 Å². The average molecular weight is 422 g/mol. The van der Waals surface area contributed by atoms with Crippen molar-refractivity contribution < 1.29 is 14.3 Å². The fourth-order valence-electron chi connectivity index (χ4n) is 2.57. The maximum Gasteiger partial charge on any atom is 0.307 e. The Balaban J connectivity index is 1.80. The van der Waals surface area contributed by atoms with Crippen LogP contribution >= 0.6 is 23.2 Å². The molecule has 0 saturated carbocycles. The van der Waals surface area contributed by atoms with Gasteiger partial charge < -0.3 is 14.8 Å². The molecule has 0 saturated heterocycles. The molecule has 28 heavy (non-hydrogen) atoms. The molecule has 0 atom stereocenters. The molecule has 0 fully saturated rings. The average Bonchev–Trinajstić information content (AvgIpc) is 2.67. The molecule has 0 aliphatic heterocycles. The molecule has 0 bridgehead atoms. The van der Waals surface area contributed by atoms with Gasteiger partial charge in [-0.2, -0.15) is 0 Å². The quantitative estimate of drug-likeness (QED) is 0.549. The van der Waals surface area contributed by atoms with Crippen molar-refractivity contribution in [3.8, 4) is 11.6 Å². The van der Waals surface area contributed by atoms with Crippen LogP contribution in [0.2, 0.25) is 10.0 Å². The van der Waals surface area contributed by atoms with Crippen LogP contribution < -0.4 is 15.6 Å². The van der Waals surface area contributed by atoms with E-state index in [-0.39, 0.29) is 39.6 Å². The highest BCUT2D eigenvalue weighted by atomic mass is 35.5. The number of fused-ring (bicyclic) bond motifs is 1. The normalized spacial score (nSPS) is 10.7. The summed E-state index contributed by atoms with van der Waals surface area (Å²) in [5.41, 5.74) is 0.312. The number of rotatable bonds is 7. The van der Waals surface area contributed by atoms with Crippen molar-refractivity contribution in [1.29, 1.82) is 0 Å². The second-order valence-corrected chi connectivity index (χ2v) is 6.57. The minimum absolute atomic E-state index is 0.182. The van der Waals surface area contributed by atoms with Crippen molar-refractivity contribution in [2.45, 2.75) is 13.3 Å². The molecule has 146 valence electrons. The highest BCUT2D eigenvalue weighted by Gasteiger charge is 2.15. The Kier molecular flexibility index (Phi) is 6.38. The number of carbonyl (C=O) groups is 1. The monoisotopic (exact) mass is 421 g/mol. The highest BCUT2D eigenvalue weighted by Crippen LogP contribution is 2.39. The molecule has 0 radical (unpaired) electrons. The summed E-state index contributed by atoms with van der Waals surface area (Å²) in [5, 5.41) is 10.9. The van der Waals surface area contributed by atoms with Gasteiger partial charge in [0.25, 0.3) is 5.56 Å². The predicted octanol–water partition coefficient (Wildman–Crippen LogP) is 4.39. The van der Waals surface area contributed by atoms with E-state index < -0.39 is 0 Å². The number of H-pyrrole nitrogens is 1. The summed E-state index contributed by atoms with van der Waals surface area (Å²) in [6.07, 6.45) is 0.217. The van der Waals surface area contributed by atoms with Crippen molar-refractivity contribution in [3.05, 3.63) is 56.8 Å². The topological polar surface area (TPSA) is 93.3 Å². The molecule has 3 rings (SSSR count). The molecule has 2 aromatic carbocycles. The molecule has 7 nitrogen and oxygen atoms in total. The van der Waals surface area contributed by atoms with E-state index in [1.165, 1.54) is 0 Å². The van der Waals surface area contributed by atoms with Gasteiger partial charge in [0.15, 0.2) is 5.75 Å². The number of hydrogen-bond acceptors (Lipinski definition) is 6. The lowest BCUT2D eigenvalue weighted by atomic mass is 10.2. The highest BCUT2D eigenvalue weighted by molar-refractivity contribution is 6.37. The third-order valence-corrected chi connectivity index (χ3v) is 4.38. The van der Waals surface area contributed by atoms with E-state index >= 15 is 0 Å². The number of esters is 1. The molecule has 0 aliphatic rings. The van der Waals surface area contributed by atoms with Crippen molar-refractivity contribution in [2.24, 2.45) is 0 Å². The van der Waals surface area contributed by atoms with E-state index in [0.717, 1.165) is 0 Å². The van der Waals surface area contributed by atoms with Crippen LogP contribution in [-0.4, -0.2) is 29.3 Å². The number of aromatic amines is 1. The third kappa shape index (κ3) is 4.55. The van der Waals surface area contributed by atoms with Crippen LogP contribution in [0.4, 0.5) is 5.69 Å². The minimum atomic E-state index is -0.318. The van der Waals surface area contributed by atoms with Crippen molar-refractivity contribution in [3.63, 3.8) is 0 Å². The first-order chi connectivity index (χ1) is 13.5. The Hall–Kier alpha value is -2.77. The lowest BCUT2D eigenvalue weighted by molar-refractivity contribution is -0.142. The molecule has 0 amide bonds. The van der Waals surface area contributed by atoms with Gasteiger partial charge in [-0.05, 0) is 31.2 Å². The van der Waals surface area contributed by atoms with Gasteiger partial charge in [0.1, 0.15) is 0 Å². The Morgan fingerprint density at radius 3 is 2.54 bits per heavy atom. The third-order valence-electron chi connectivity index (χ3n) is 3.82. The standard InChI is InChI=1S/C19H17Cl2N3O4/c1-2-27-16(25)7-8-22-11-9-14(20)17(15(21)10-11)28-19-13-6-4-3-5-12(13)18(26)23-24-19/h3-6,9-10,22H,2,7-8H2,1H3,(H,23,26). The first kappa shape index (κ1) is 20.0. The van der Waals surface area contributed by atoms with Gasteiger partial charge in [-0.3, -0.25) is 9.59 Å². The summed E-state index contributed by atoms with van der Waals surface area (Å²) in [6.45, 7) is 2.47. The Morgan fingerprint density at radius 2 is 1.86 bits per heavy atom. The summed E-state index contributed by atoms with van der Waals surface area (Å²) >= 11 is 12.6. The van der Waals surface area contributed by atoms with Gasteiger partial charge in [-0.25, -0.2) is 5.10 Å². The number of aromatic nitrogens is 2. The van der Waals surface area contributed by atoms with Crippen LogP contribution in [-0.2, 0) is 9.53 Å². The number of carbonyl (C=O) groups excluding carboxylic acids is 1. The molecule has 0 unspecified atom stereocenters. The first-order valence-corrected chi connectivity index (χ1v) is 9.29. The number of anilines is 1. The van der Waals surface area contributed by atoms with E-state index in [1.807, 2.05) is 0 Å². The molecule has 0 aliphatic carbocycles. The fourth-order valence-corrected chi connectivity index (χ4v) is 3.13. The van der Waals surface area contributed by atoms with Gasteiger partial charge >= 0.3 is 5.97 Å². The van der Waals surface area contributed by atoms with Crippen LogP contribution in [0.5, 0.6) is 11.6 Å². The zero-order chi connectivity index (χ0) is 20.1. The van der Waals surface area contributed by atoms with Gasteiger partial charge in [-0.1, -0.05) is 35.3 Å². The summed E-state index contributed by atoms with van der Waals surface area (Å²) in [7, 11) is 0. The number of benzene rings is 2. The SMILES string of the molecule is CCOC(=O)CCNc1cc(Cl)c(Oc2n[nH]c(=O)c3ccccc23)c(Cl)c1. The molecule has 0 spiro atoms. The van der Waals surface area contributed by atoms with Crippen molar-refractivity contribution in [2.75, 3.05) is 18.5 Å². The van der Waals surface area contributed by atoms with Gasteiger partial charge in [0.05, 0.1) is 33.8 Å². The van der Waals surface area contributed by atoms with E-state index in [4.69, 9.17) is 32.7 Å². The van der Waals surface area contributed by atoms with Crippen LogP contribution in [0, 0.1) is 0 Å². The Morgan fingerprint density at radius 1 is 1.18 bits per heavy atom. The van der Waals surface area contributed by atoms with Crippen molar-refractivity contribution in [1.82, 2.24) is 10.2 Å². The van der Waals surface area contributed by atoms with Crippen molar-refractivity contribution >= 4 is 45.6 Å². The Labute approximate surface area is 170 Å². The summed E-state index contributed by atoms with van der Waals surface area (Å²) in [4.78, 5) is 23.3. The summed E-state index contributed by atoms with van der Waals surface area (Å²) in [6, 6.07) is 10.2. The lowest BCUT2D eigenvalue weighted by Gasteiger charge is -2.13. The van der Waals surface area contributed by atoms with Crippen LogP contribution in [0.3, 0.4) is 0 Å². The second kappa shape index (κ2) is 8.95. The molecule has 9 heteroatoms. The summed E-state index contributed by atoms with van der Waals surface area (Å²) < 4.78 is 10.7. The number of hydrogen-bond donors (Lipinski definition) is 2. The van der Waals surface area contributed by atoms with Crippen LogP contribution in [0.25, 0.3) is 10.8 Å². The van der Waals surface area contributed by atoms with E-state index in [1.54, 1.807) is 43.3 Å². The fraction of sp³-hybridized carbons (Fsp3) is 0.211. The first-order valence-electron chi connectivity index (χ1n) is 8.53. The van der Waals surface area contributed by atoms with Gasteiger partial charge in [0.2, 0.25) is 5.88 Å². The molecule has 3 aromatic rings. The zero-order valence-corrected chi connectivity index (χ0v) is 16.4. The molecule has 1 heterocycles. The molecule has 2 N–H and O–H groups in total. The maximum atomic E-state index is 11.9. The smallest absolute Gasteiger partial charge is 0.307 e. The van der Waals surface area contributed by atoms with E-state index in [0.29, 0.717) is 29.6 Å². The Bertz CT molecular complexity index is 1050. The molecular weight excluding hydrogens is 405 g/mol. The lowest BCUT2D eigenvalue weighted by Crippen LogP contribution is -2.11. The number of nitrogens with one attached hydrogen (secondary N) is 2. The zero-order valence-electron chi connectivity index (χ0n) is 14.9. The van der Waals surface area contributed by atoms with Crippen LogP contribution in [0.1, 0.15) is 13.3 Å². The largest absolute Gasteiger partial charge is 0.466 e. The summed E-state index contributed by atoms with van der Waals surface area (Å²) in [5.74, 6) is 0.106. The van der Waals surface area contributed by atoms with Gasteiger partial charge in [0, 0.05) is 12.2 Å². The van der Waals surface area contributed by atoms with Crippen LogP contribution in [0.15, 0.2) is 41.2 Å². The number of halogens is 2. The molecule has 1 aromatic heterocycles. The van der Waals surface area contributed by atoms with Gasteiger partial charge in [-0.15, -0.1) is 5.10 Å². The maximum absolute atomic E-state index is 11.9. The minimum Gasteiger partial charge on any atom is -0.466 e. The molecular formula is C19H17Cl2N3O4. The predicted molar refractivity (Wildman–Crippen MR) is 109 cm³/mol. The number of nitrogens with zero attached hydrogens (tertiary/aromatic N) is 1. The van der Waals surface area contributed by atoms with E-state index in [9.17, 15) is 9.59 Å². The second-order valence-electron chi connectivity index (χ2n) is 5.76.